The van der Waals surface area contributed by atoms with Crippen LogP contribution in [0, 0.1) is 0 Å². The van der Waals surface area contributed by atoms with Crippen molar-refractivity contribution in [3.63, 3.8) is 0 Å². The van der Waals surface area contributed by atoms with Gasteiger partial charge in [0.1, 0.15) is 4.90 Å². The zero-order chi connectivity index (χ0) is 19.3. The van der Waals surface area contributed by atoms with Gasteiger partial charge in [0.05, 0.1) is 11.1 Å². The van der Waals surface area contributed by atoms with Crippen molar-refractivity contribution in [2.24, 2.45) is 0 Å². The maximum absolute atomic E-state index is 12.5. The second kappa shape index (κ2) is 8.68. The van der Waals surface area contributed by atoms with E-state index < -0.39 is 15.9 Å². The lowest BCUT2D eigenvalue weighted by Gasteiger charge is -2.15. The Hall–Kier alpha value is -1.86. The van der Waals surface area contributed by atoms with E-state index in [4.69, 9.17) is 23.2 Å². The van der Waals surface area contributed by atoms with Crippen molar-refractivity contribution in [1.82, 2.24) is 10.0 Å². The van der Waals surface area contributed by atoms with E-state index in [1.807, 2.05) is 19.1 Å². The molecular weight excluding hydrogens is 395 g/mol. The van der Waals surface area contributed by atoms with Crippen molar-refractivity contribution >= 4 is 39.1 Å². The highest BCUT2D eigenvalue weighted by Crippen LogP contribution is 2.23. The quantitative estimate of drug-likeness (QED) is 0.675. The van der Waals surface area contributed by atoms with E-state index >= 15 is 0 Å². The molecule has 8 heteroatoms. The smallest absolute Gasteiger partial charge is 0.251 e. The van der Waals surface area contributed by atoms with E-state index in [0.29, 0.717) is 5.02 Å². The van der Waals surface area contributed by atoms with Crippen LogP contribution in [0.1, 0.15) is 28.9 Å². The molecule has 26 heavy (non-hydrogen) atoms. The van der Waals surface area contributed by atoms with E-state index in [9.17, 15) is 13.2 Å². The van der Waals surface area contributed by atoms with Gasteiger partial charge in [0.15, 0.2) is 0 Å². The predicted octanol–water partition coefficient (Wildman–Crippen LogP) is 3.95. The highest BCUT2D eigenvalue weighted by Gasteiger charge is 2.20. The molecule has 1 atom stereocenters. The van der Waals surface area contributed by atoms with Gasteiger partial charge in [0.25, 0.3) is 5.91 Å². The maximum atomic E-state index is 12.5. The minimum Gasteiger partial charge on any atom is -0.346 e. The van der Waals surface area contributed by atoms with Crippen molar-refractivity contribution < 1.29 is 13.2 Å². The molecule has 0 fully saturated rings. The third-order valence-corrected chi connectivity index (χ3v) is 5.78. The fourth-order valence-corrected chi connectivity index (χ4v) is 3.86. The fraction of sp³-hybridized carbons (Fsp3) is 0.167. The van der Waals surface area contributed by atoms with Gasteiger partial charge in [0, 0.05) is 17.1 Å². The average molecular weight is 413 g/mol. The molecule has 0 saturated carbocycles. The van der Waals surface area contributed by atoms with Gasteiger partial charge in [-0.05, 0) is 42.8 Å². The van der Waals surface area contributed by atoms with Gasteiger partial charge >= 0.3 is 0 Å². The number of nitrogens with one attached hydrogen (secondary N) is 2. The molecule has 2 rings (SSSR count). The minimum atomic E-state index is -3.84. The van der Waals surface area contributed by atoms with Crippen LogP contribution in [-0.4, -0.2) is 20.9 Å². The van der Waals surface area contributed by atoms with Crippen LogP contribution in [0.15, 0.2) is 60.0 Å². The molecule has 1 amide bonds. The van der Waals surface area contributed by atoms with E-state index in [0.717, 1.165) is 5.56 Å². The van der Waals surface area contributed by atoms with Crippen molar-refractivity contribution in [3.8, 4) is 0 Å². The van der Waals surface area contributed by atoms with Crippen molar-refractivity contribution in [2.45, 2.75) is 17.9 Å². The molecule has 0 saturated heterocycles. The normalized spacial score (nSPS) is 12.4. The Balaban J connectivity index is 2.23. The number of rotatable bonds is 7. The topological polar surface area (TPSA) is 75.3 Å². The van der Waals surface area contributed by atoms with Gasteiger partial charge in [-0.15, -0.1) is 6.58 Å². The number of benzene rings is 2. The third-order valence-electron chi connectivity index (χ3n) is 3.62. The zero-order valence-corrected chi connectivity index (χ0v) is 16.3. The predicted molar refractivity (Wildman–Crippen MR) is 104 cm³/mol. The second-order valence-electron chi connectivity index (χ2n) is 5.53. The highest BCUT2D eigenvalue weighted by molar-refractivity contribution is 7.89. The van der Waals surface area contributed by atoms with Crippen LogP contribution in [-0.2, 0) is 10.0 Å². The number of hydrogen-bond acceptors (Lipinski definition) is 3. The molecule has 0 radical (unpaired) electrons. The Bertz CT molecular complexity index is 913. The largest absolute Gasteiger partial charge is 0.346 e. The minimum absolute atomic E-state index is 0.0314. The third kappa shape index (κ3) is 5.08. The lowest BCUT2D eigenvalue weighted by molar-refractivity contribution is 0.0939. The first-order chi connectivity index (χ1) is 12.2. The van der Waals surface area contributed by atoms with Crippen LogP contribution >= 0.6 is 23.2 Å². The summed E-state index contributed by atoms with van der Waals surface area (Å²) in [5.41, 5.74) is 1.06. The van der Waals surface area contributed by atoms with Crippen LogP contribution in [0.25, 0.3) is 0 Å². The molecule has 0 aliphatic rings. The molecule has 138 valence electrons. The second-order valence-corrected chi connectivity index (χ2v) is 8.11. The van der Waals surface area contributed by atoms with Gasteiger partial charge in [-0.3, -0.25) is 4.79 Å². The molecule has 0 spiro atoms. The van der Waals surface area contributed by atoms with Crippen LogP contribution in [0.3, 0.4) is 0 Å². The SMILES string of the molecule is C=CCNS(=O)(=O)c1cc(C(=O)N[C@@H](C)c2ccc(Cl)cc2)ccc1Cl. The van der Waals surface area contributed by atoms with E-state index in [1.54, 1.807) is 12.1 Å². The summed E-state index contributed by atoms with van der Waals surface area (Å²) >= 11 is 11.9. The Labute approximate surface area is 163 Å². The fourth-order valence-electron chi connectivity index (χ4n) is 2.21. The van der Waals surface area contributed by atoms with Gasteiger partial charge in [-0.2, -0.15) is 0 Å². The standard InChI is InChI=1S/C18H18Cl2N2O3S/c1-3-10-21-26(24,25)17-11-14(6-9-16(17)20)18(23)22-12(2)13-4-7-15(19)8-5-13/h3-9,11-12,21H,1,10H2,2H3,(H,22,23)/t12-/m0/s1. The Morgan fingerprint density at radius 2 is 1.85 bits per heavy atom. The number of halogens is 2. The molecule has 0 aliphatic heterocycles. The first kappa shape index (κ1) is 20.5. The molecule has 2 aromatic rings. The molecule has 0 unspecified atom stereocenters. The summed E-state index contributed by atoms with van der Waals surface area (Å²) in [4.78, 5) is 12.3. The summed E-state index contributed by atoms with van der Waals surface area (Å²) in [6, 6.07) is 10.9. The Morgan fingerprint density at radius 3 is 2.46 bits per heavy atom. The average Bonchev–Trinajstić information content (AvgIpc) is 2.60. The van der Waals surface area contributed by atoms with Crippen LogP contribution in [0.5, 0.6) is 0 Å². The van der Waals surface area contributed by atoms with Crippen molar-refractivity contribution in [1.29, 1.82) is 0 Å². The molecule has 0 heterocycles. The monoisotopic (exact) mass is 412 g/mol. The molecule has 2 aromatic carbocycles. The van der Waals surface area contributed by atoms with Gasteiger partial charge in [0.2, 0.25) is 10.0 Å². The molecule has 2 N–H and O–H groups in total. The van der Waals surface area contributed by atoms with Crippen LogP contribution < -0.4 is 10.0 Å². The van der Waals surface area contributed by atoms with Crippen molar-refractivity contribution in [2.75, 3.05) is 6.54 Å². The van der Waals surface area contributed by atoms with Gasteiger partial charge in [-0.1, -0.05) is 41.4 Å². The molecular formula is C18H18Cl2N2O3S. The lowest BCUT2D eigenvalue weighted by Crippen LogP contribution is -2.28. The zero-order valence-electron chi connectivity index (χ0n) is 14.0. The number of carbonyl (C=O) groups is 1. The van der Waals surface area contributed by atoms with Crippen LogP contribution in [0.4, 0.5) is 0 Å². The Morgan fingerprint density at radius 1 is 1.19 bits per heavy atom. The molecule has 0 aliphatic carbocycles. The van der Waals surface area contributed by atoms with Gasteiger partial charge in [-0.25, -0.2) is 13.1 Å². The first-order valence-electron chi connectivity index (χ1n) is 7.71. The van der Waals surface area contributed by atoms with Crippen LogP contribution in [0.2, 0.25) is 10.0 Å². The number of sulfonamides is 1. The molecule has 0 bridgehead atoms. The van der Waals surface area contributed by atoms with E-state index in [1.165, 1.54) is 24.3 Å². The lowest BCUT2D eigenvalue weighted by atomic mass is 10.1. The summed E-state index contributed by atoms with van der Waals surface area (Å²) in [6.07, 6.45) is 1.41. The summed E-state index contributed by atoms with van der Waals surface area (Å²) in [7, 11) is -3.84. The Kier molecular flexibility index (Phi) is 6.83. The molecule has 5 nitrogen and oxygen atoms in total. The van der Waals surface area contributed by atoms with Gasteiger partial charge < -0.3 is 5.32 Å². The number of hydrogen-bond donors (Lipinski definition) is 2. The highest BCUT2D eigenvalue weighted by atomic mass is 35.5. The summed E-state index contributed by atoms with van der Waals surface area (Å²) in [5, 5.41) is 3.45. The van der Waals surface area contributed by atoms with E-state index in [2.05, 4.69) is 16.6 Å². The first-order valence-corrected chi connectivity index (χ1v) is 9.95. The van der Waals surface area contributed by atoms with Crippen molar-refractivity contribution in [3.05, 3.63) is 76.3 Å². The molecule has 0 aromatic heterocycles. The van der Waals surface area contributed by atoms with E-state index in [-0.39, 0.29) is 28.1 Å². The summed E-state index contributed by atoms with van der Waals surface area (Å²) in [5.74, 6) is -0.413. The maximum Gasteiger partial charge on any atom is 0.251 e. The number of carbonyl (C=O) groups excluding carboxylic acids is 1. The summed E-state index contributed by atoms with van der Waals surface area (Å²) < 4.78 is 26.9. The summed E-state index contributed by atoms with van der Waals surface area (Å²) in [6.45, 7) is 5.34. The number of amides is 1.